The van der Waals surface area contributed by atoms with E-state index in [-0.39, 0.29) is 10.8 Å². The second-order valence-electron chi connectivity index (χ2n) is 6.80. The minimum absolute atomic E-state index is 0.183. The van der Waals surface area contributed by atoms with Crippen molar-refractivity contribution >= 4 is 0 Å². The molecule has 0 bridgehead atoms. The van der Waals surface area contributed by atoms with Crippen LogP contribution in [0.2, 0.25) is 0 Å². The van der Waals surface area contributed by atoms with E-state index in [1.165, 1.54) is 18.4 Å². The van der Waals surface area contributed by atoms with Crippen molar-refractivity contribution in [1.29, 1.82) is 0 Å². The molecule has 0 aromatic heterocycles. The first kappa shape index (κ1) is 11.9. The zero-order chi connectivity index (χ0) is 12.1. The van der Waals surface area contributed by atoms with Crippen molar-refractivity contribution in [3.8, 4) is 0 Å². The van der Waals surface area contributed by atoms with Gasteiger partial charge in [0.25, 0.3) is 0 Å². The van der Waals surface area contributed by atoms with Gasteiger partial charge in [-0.25, -0.2) is 0 Å². The first-order valence-corrected chi connectivity index (χ1v) is 6.42. The fraction of sp³-hybridized carbons (Fsp3) is 0.733. The Morgan fingerprint density at radius 1 is 1.19 bits per heavy atom. The summed E-state index contributed by atoms with van der Waals surface area (Å²) < 4.78 is 0. The Hall–Kier alpha value is -0.560. The summed E-state index contributed by atoms with van der Waals surface area (Å²) in [7, 11) is 0. The number of hydrogen-bond donors (Lipinski definition) is 1. The molecule has 2 rings (SSSR count). The largest absolute Gasteiger partial charge is 0.327 e. The quantitative estimate of drug-likeness (QED) is 0.659. The molecule has 2 aliphatic carbocycles. The summed E-state index contributed by atoms with van der Waals surface area (Å²) in [5.41, 5.74) is 11.5. The molecule has 0 spiro atoms. The van der Waals surface area contributed by atoms with Crippen LogP contribution >= 0.6 is 0 Å². The lowest BCUT2D eigenvalue weighted by atomic mass is 9.58. The Morgan fingerprint density at radius 3 is 2.44 bits per heavy atom. The van der Waals surface area contributed by atoms with Gasteiger partial charge >= 0.3 is 0 Å². The Morgan fingerprint density at radius 2 is 1.81 bits per heavy atom. The number of allylic oxidation sites excluding steroid dienone is 3. The summed E-state index contributed by atoms with van der Waals surface area (Å²) in [5.74, 6) is 0. The highest BCUT2D eigenvalue weighted by Gasteiger charge is 2.43. The molecule has 2 N–H and O–H groups in total. The molecule has 2 aliphatic rings. The van der Waals surface area contributed by atoms with Crippen LogP contribution in [-0.4, -0.2) is 6.04 Å². The van der Waals surface area contributed by atoms with Crippen molar-refractivity contribution in [2.75, 3.05) is 0 Å². The van der Waals surface area contributed by atoms with Gasteiger partial charge in [0.1, 0.15) is 0 Å². The Kier molecular flexibility index (Phi) is 2.58. The van der Waals surface area contributed by atoms with Crippen LogP contribution in [0.4, 0.5) is 0 Å². The summed E-state index contributed by atoms with van der Waals surface area (Å²) in [4.78, 5) is 0. The van der Waals surface area contributed by atoms with Crippen LogP contribution in [0.1, 0.15) is 53.9 Å². The van der Waals surface area contributed by atoms with Crippen molar-refractivity contribution in [2.45, 2.75) is 59.9 Å². The molecular weight excluding hydrogens is 194 g/mol. The first-order chi connectivity index (χ1) is 7.25. The van der Waals surface area contributed by atoms with Crippen LogP contribution in [0.15, 0.2) is 22.8 Å². The van der Waals surface area contributed by atoms with Crippen LogP contribution in [0.5, 0.6) is 0 Å². The van der Waals surface area contributed by atoms with E-state index in [1.54, 1.807) is 11.1 Å². The topological polar surface area (TPSA) is 26.0 Å². The molecule has 0 aromatic carbocycles. The third-order valence-electron chi connectivity index (χ3n) is 4.65. The van der Waals surface area contributed by atoms with E-state index in [2.05, 4.69) is 40.7 Å². The van der Waals surface area contributed by atoms with Gasteiger partial charge in [0.2, 0.25) is 0 Å². The predicted octanol–water partition coefficient (Wildman–Crippen LogP) is 3.81. The minimum atomic E-state index is 0.183. The zero-order valence-electron chi connectivity index (χ0n) is 11.4. The van der Waals surface area contributed by atoms with Gasteiger partial charge in [-0.05, 0) is 37.2 Å². The van der Waals surface area contributed by atoms with Gasteiger partial charge in [0.15, 0.2) is 0 Å². The fourth-order valence-corrected chi connectivity index (χ4v) is 3.27. The maximum Gasteiger partial charge on any atom is 0.0136 e. The average Bonchev–Trinajstić information content (AvgIpc) is 2.14. The number of rotatable bonds is 0. The molecule has 1 atom stereocenters. The monoisotopic (exact) mass is 219 g/mol. The van der Waals surface area contributed by atoms with Gasteiger partial charge in [-0.3, -0.25) is 0 Å². The summed E-state index contributed by atoms with van der Waals surface area (Å²) in [6.07, 6.45) is 5.95. The van der Waals surface area contributed by atoms with Crippen LogP contribution in [0.25, 0.3) is 0 Å². The van der Waals surface area contributed by atoms with Gasteiger partial charge in [0, 0.05) is 11.5 Å². The third kappa shape index (κ3) is 1.66. The molecule has 0 saturated carbocycles. The first-order valence-electron chi connectivity index (χ1n) is 6.42. The second kappa shape index (κ2) is 3.46. The molecule has 0 fully saturated rings. The highest BCUT2D eigenvalue weighted by Crippen LogP contribution is 2.52. The highest BCUT2D eigenvalue weighted by atomic mass is 14.7. The molecular formula is C15H25N. The zero-order valence-corrected chi connectivity index (χ0v) is 11.4. The maximum atomic E-state index is 6.37. The predicted molar refractivity (Wildman–Crippen MR) is 70.2 cm³/mol. The van der Waals surface area contributed by atoms with E-state index >= 15 is 0 Å². The Bertz CT molecular complexity index is 369. The molecule has 0 heterocycles. The summed E-state index contributed by atoms with van der Waals surface area (Å²) in [6, 6.07) is 0.299. The van der Waals surface area contributed by atoms with Crippen molar-refractivity contribution in [3.63, 3.8) is 0 Å². The van der Waals surface area contributed by atoms with Crippen LogP contribution < -0.4 is 5.73 Å². The van der Waals surface area contributed by atoms with Crippen molar-refractivity contribution < 1.29 is 0 Å². The molecule has 0 saturated heterocycles. The Labute approximate surface area is 99.8 Å². The van der Waals surface area contributed by atoms with E-state index in [9.17, 15) is 0 Å². The molecule has 1 nitrogen and oxygen atoms in total. The second-order valence-corrected chi connectivity index (χ2v) is 6.80. The highest BCUT2D eigenvalue weighted by molar-refractivity contribution is 5.43. The Balaban J connectivity index is 2.57. The van der Waals surface area contributed by atoms with E-state index in [0.29, 0.717) is 6.04 Å². The van der Waals surface area contributed by atoms with Crippen LogP contribution in [0.3, 0.4) is 0 Å². The molecule has 0 amide bonds. The molecule has 0 radical (unpaired) electrons. The molecule has 16 heavy (non-hydrogen) atoms. The summed E-state index contributed by atoms with van der Waals surface area (Å²) >= 11 is 0. The van der Waals surface area contributed by atoms with Gasteiger partial charge in [-0.2, -0.15) is 0 Å². The molecule has 90 valence electrons. The van der Waals surface area contributed by atoms with Gasteiger partial charge in [-0.15, -0.1) is 0 Å². The fourth-order valence-electron chi connectivity index (χ4n) is 3.27. The molecule has 0 aliphatic heterocycles. The molecule has 0 aromatic rings. The summed E-state index contributed by atoms with van der Waals surface area (Å²) in [6.45, 7) is 11.6. The van der Waals surface area contributed by atoms with Crippen molar-refractivity contribution in [3.05, 3.63) is 22.8 Å². The lowest BCUT2D eigenvalue weighted by Gasteiger charge is -2.48. The minimum Gasteiger partial charge on any atom is -0.327 e. The van der Waals surface area contributed by atoms with Gasteiger partial charge in [0.05, 0.1) is 0 Å². The molecule has 1 heteroatoms. The van der Waals surface area contributed by atoms with E-state index < -0.39 is 0 Å². The van der Waals surface area contributed by atoms with E-state index in [4.69, 9.17) is 5.73 Å². The van der Waals surface area contributed by atoms with Gasteiger partial charge in [-0.1, -0.05) is 44.9 Å². The smallest absolute Gasteiger partial charge is 0.0136 e. The van der Waals surface area contributed by atoms with Crippen molar-refractivity contribution in [1.82, 2.24) is 0 Å². The SMILES string of the molecule is CC1=CC2=C(CC1)C(C)(C)C(N)CC2(C)C. The molecule has 1 unspecified atom stereocenters. The number of hydrogen-bond acceptors (Lipinski definition) is 1. The maximum absolute atomic E-state index is 6.37. The third-order valence-corrected chi connectivity index (χ3v) is 4.65. The lowest BCUT2D eigenvalue weighted by Crippen LogP contribution is -2.47. The van der Waals surface area contributed by atoms with Gasteiger partial charge < -0.3 is 5.73 Å². The van der Waals surface area contributed by atoms with Crippen LogP contribution in [0, 0.1) is 10.8 Å². The average molecular weight is 219 g/mol. The van der Waals surface area contributed by atoms with E-state index in [1.807, 2.05) is 0 Å². The lowest BCUT2D eigenvalue weighted by molar-refractivity contribution is 0.217. The standard InChI is InChI=1S/C15H25N/c1-10-6-7-11-12(8-10)14(2,3)9-13(16)15(11,4)5/h8,13H,6-7,9,16H2,1-5H3. The number of nitrogens with two attached hydrogens (primary N) is 1. The normalized spacial score (nSPS) is 32.1. The summed E-state index contributed by atoms with van der Waals surface area (Å²) in [5, 5.41) is 0. The van der Waals surface area contributed by atoms with Crippen LogP contribution in [-0.2, 0) is 0 Å². The van der Waals surface area contributed by atoms with E-state index in [0.717, 1.165) is 6.42 Å². The van der Waals surface area contributed by atoms with Crippen molar-refractivity contribution in [2.24, 2.45) is 16.6 Å².